The van der Waals surface area contributed by atoms with E-state index in [1.54, 1.807) is 23.5 Å². The van der Waals surface area contributed by atoms with E-state index in [0.29, 0.717) is 5.56 Å². The molecule has 0 saturated carbocycles. The molecule has 0 aliphatic rings. The van der Waals surface area contributed by atoms with Crippen molar-refractivity contribution < 1.29 is 4.79 Å². The van der Waals surface area contributed by atoms with E-state index in [4.69, 9.17) is 0 Å². The lowest BCUT2D eigenvalue weighted by molar-refractivity contribution is 0.0998. The number of aromatic nitrogens is 1. The first kappa shape index (κ1) is 14.7. The molecule has 2 aromatic carbocycles. The lowest BCUT2D eigenvalue weighted by atomic mass is 10.1. The molecule has 0 saturated heterocycles. The van der Waals surface area contributed by atoms with E-state index in [1.807, 2.05) is 18.2 Å². The maximum absolute atomic E-state index is 12.4. The summed E-state index contributed by atoms with van der Waals surface area (Å²) in [6, 6.07) is 13.5. The lowest BCUT2D eigenvalue weighted by Gasteiger charge is -2.04. The van der Waals surface area contributed by atoms with Gasteiger partial charge in [0.2, 0.25) is 0 Å². The van der Waals surface area contributed by atoms with Crippen molar-refractivity contribution in [2.45, 2.75) is 27.3 Å². The van der Waals surface area contributed by atoms with Gasteiger partial charge in [-0.25, -0.2) is 0 Å². The average Bonchev–Trinajstić information content (AvgIpc) is 2.91. The van der Waals surface area contributed by atoms with Crippen LogP contribution < -0.4 is 4.80 Å². The Bertz CT molecular complexity index is 904. The van der Waals surface area contributed by atoms with Crippen LogP contribution in [0.25, 0.3) is 10.2 Å². The van der Waals surface area contributed by atoms with E-state index >= 15 is 0 Å². The molecule has 0 spiro atoms. The number of thiazole rings is 1. The molecule has 0 aliphatic heterocycles. The Labute approximate surface area is 133 Å². The number of nitrogens with zero attached hydrogens (tertiary/aromatic N) is 2. The summed E-state index contributed by atoms with van der Waals surface area (Å²) < 4.78 is 3.34. The molecule has 3 aromatic rings. The van der Waals surface area contributed by atoms with Crippen molar-refractivity contribution in [1.29, 1.82) is 0 Å². The predicted octanol–water partition coefficient (Wildman–Crippen LogP) is 4.08. The monoisotopic (exact) mass is 310 g/mol. The molecule has 0 fully saturated rings. The van der Waals surface area contributed by atoms with Crippen molar-refractivity contribution >= 4 is 27.5 Å². The van der Waals surface area contributed by atoms with Crippen LogP contribution in [0, 0.1) is 13.8 Å². The normalized spacial score (nSPS) is 12.0. The third-order valence-electron chi connectivity index (χ3n) is 3.76. The van der Waals surface area contributed by atoms with Gasteiger partial charge in [-0.1, -0.05) is 41.7 Å². The van der Waals surface area contributed by atoms with E-state index in [0.717, 1.165) is 11.3 Å². The molecule has 22 heavy (non-hydrogen) atoms. The van der Waals surface area contributed by atoms with Crippen LogP contribution in [0.1, 0.15) is 28.4 Å². The molecular weight excluding hydrogens is 292 g/mol. The Morgan fingerprint density at radius 3 is 2.45 bits per heavy atom. The number of carbonyl (C=O) groups excluding carboxylic acids is 1. The predicted molar refractivity (Wildman–Crippen MR) is 91.3 cm³/mol. The molecule has 0 radical (unpaired) electrons. The average molecular weight is 310 g/mol. The van der Waals surface area contributed by atoms with E-state index in [-0.39, 0.29) is 5.91 Å². The number of aryl methyl sites for hydroxylation is 3. The number of hydrogen-bond acceptors (Lipinski definition) is 2. The second-order valence-electron chi connectivity index (χ2n) is 5.29. The Balaban J connectivity index is 2.23. The lowest BCUT2D eigenvalue weighted by Crippen LogP contribution is -2.16. The molecule has 112 valence electrons. The minimum atomic E-state index is -0.190. The summed E-state index contributed by atoms with van der Waals surface area (Å²) in [6.45, 7) is 7.08. The van der Waals surface area contributed by atoms with Crippen LogP contribution in [0.2, 0.25) is 0 Å². The SMILES string of the molecule is CCn1c(=NC(=O)c2ccccc2)sc2c(C)ccc(C)c21. The van der Waals surface area contributed by atoms with E-state index in [9.17, 15) is 4.79 Å². The Kier molecular flexibility index (Phi) is 3.94. The van der Waals surface area contributed by atoms with Gasteiger partial charge in [-0.05, 0) is 44.0 Å². The third-order valence-corrected chi connectivity index (χ3v) is 4.97. The first-order chi connectivity index (χ1) is 10.6. The molecule has 1 heterocycles. The number of hydrogen-bond donors (Lipinski definition) is 0. The summed E-state index contributed by atoms with van der Waals surface area (Å²) in [6.07, 6.45) is 0. The van der Waals surface area contributed by atoms with Gasteiger partial charge in [0, 0.05) is 12.1 Å². The Hall–Kier alpha value is -2.20. The van der Waals surface area contributed by atoms with Crippen LogP contribution in [0.15, 0.2) is 47.5 Å². The van der Waals surface area contributed by atoms with Gasteiger partial charge in [0.25, 0.3) is 5.91 Å². The molecule has 4 heteroatoms. The highest BCUT2D eigenvalue weighted by Crippen LogP contribution is 2.24. The maximum atomic E-state index is 12.4. The van der Waals surface area contributed by atoms with E-state index in [2.05, 4.69) is 42.5 Å². The second kappa shape index (κ2) is 5.89. The van der Waals surface area contributed by atoms with Crippen LogP contribution in [0.4, 0.5) is 0 Å². The Morgan fingerprint density at radius 1 is 1.09 bits per heavy atom. The summed E-state index contributed by atoms with van der Waals surface area (Å²) in [5.41, 5.74) is 4.25. The maximum Gasteiger partial charge on any atom is 0.279 e. The van der Waals surface area contributed by atoms with Gasteiger partial charge in [0.05, 0.1) is 10.2 Å². The highest BCUT2D eigenvalue weighted by atomic mass is 32.1. The standard InChI is InChI=1S/C18H18N2OS/c1-4-20-15-12(2)10-11-13(3)16(15)22-18(20)19-17(21)14-8-6-5-7-9-14/h5-11H,4H2,1-3H3. The largest absolute Gasteiger partial charge is 0.316 e. The fraction of sp³-hybridized carbons (Fsp3) is 0.222. The van der Waals surface area contributed by atoms with Crippen molar-refractivity contribution in [2.24, 2.45) is 4.99 Å². The number of rotatable bonds is 2. The van der Waals surface area contributed by atoms with Gasteiger partial charge < -0.3 is 4.57 Å². The van der Waals surface area contributed by atoms with Crippen LogP contribution in [0.5, 0.6) is 0 Å². The van der Waals surface area contributed by atoms with Crippen molar-refractivity contribution in [3.05, 3.63) is 64.0 Å². The molecule has 0 bridgehead atoms. The summed E-state index contributed by atoms with van der Waals surface area (Å²) in [7, 11) is 0. The smallest absolute Gasteiger partial charge is 0.279 e. The molecule has 3 rings (SSSR count). The number of benzene rings is 2. The Morgan fingerprint density at radius 2 is 1.77 bits per heavy atom. The highest BCUT2D eigenvalue weighted by Gasteiger charge is 2.11. The zero-order valence-electron chi connectivity index (χ0n) is 13.0. The van der Waals surface area contributed by atoms with Gasteiger partial charge in [0.1, 0.15) is 0 Å². The molecule has 0 N–H and O–H groups in total. The quantitative estimate of drug-likeness (QED) is 0.702. The fourth-order valence-electron chi connectivity index (χ4n) is 2.59. The van der Waals surface area contributed by atoms with Gasteiger partial charge in [-0.3, -0.25) is 4.79 Å². The van der Waals surface area contributed by atoms with Gasteiger partial charge in [-0.2, -0.15) is 4.99 Å². The van der Waals surface area contributed by atoms with Crippen molar-refractivity contribution in [1.82, 2.24) is 4.57 Å². The number of fused-ring (bicyclic) bond motifs is 1. The zero-order chi connectivity index (χ0) is 15.7. The molecule has 0 aliphatic carbocycles. The van der Waals surface area contributed by atoms with Gasteiger partial charge in [0.15, 0.2) is 4.80 Å². The molecule has 3 nitrogen and oxygen atoms in total. The van der Waals surface area contributed by atoms with Crippen molar-refractivity contribution in [3.63, 3.8) is 0 Å². The van der Waals surface area contributed by atoms with Gasteiger partial charge in [-0.15, -0.1) is 0 Å². The summed E-state index contributed by atoms with van der Waals surface area (Å²) in [5, 5.41) is 0. The topological polar surface area (TPSA) is 34.4 Å². The molecule has 0 atom stereocenters. The van der Waals surface area contributed by atoms with Crippen LogP contribution >= 0.6 is 11.3 Å². The minimum Gasteiger partial charge on any atom is -0.316 e. The molecule has 1 aromatic heterocycles. The van der Waals surface area contributed by atoms with Crippen LogP contribution in [-0.2, 0) is 6.54 Å². The first-order valence-corrected chi connectivity index (χ1v) is 8.17. The summed E-state index contributed by atoms with van der Waals surface area (Å²) in [4.78, 5) is 17.5. The molecule has 1 amide bonds. The summed E-state index contributed by atoms with van der Waals surface area (Å²) >= 11 is 1.59. The molecular formula is C18H18N2OS. The third kappa shape index (κ3) is 2.50. The summed E-state index contributed by atoms with van der Waals surface area (Å²) in [5.74, 6) is -0.190. The molecule has 0 unspecified atom stereocenters. The number of carbonyl (C=O) groups is 1. The number of amides is 1. The fourth-order valence-corrected chi connectivity index (χ4v) is 3.82. The first-order valence-electron chi connectivity index (χ1n) is 7.35. The van der Waals surface area contributed by atoms with E-state index in [1.165, 1.54) is 21.3 Å². The second-order valence-corrected chi connectivity index (χ2v) is 6.27. The van der Waals surface area contributed by atoms with Crippen molar-refractivity contribution in [2.75, 3.05) is 0 Å². The van der Waals surface area contributed by atoms with Crippen LogP contribution in [0.3, 0.4) is 0 Å². The minimum absolute atomic E-state index is 0.190. The van der Waals surface area contributed by atoms with Crippen molar-refractivity contribution in [3.8, 4) is 0 Å². The highest BCUT2D eigenvalue weighted by molar-refractivity contribution is 7.16. The van der Waals surface area contributed by atoms with Crippen LogP contribution in [-0.4, -0.2) is 10.5 Å². The zero-order valence-corrected chi connectivity index (χ0v) is 13.8. The van der Waals surface area contributed by atoms with E-state index < -0.39 is 0 Å². The van der Waals surface area contributed by atoms with Gasteiger partial charge >= 0.3 is 0 Å².